The number of alkyl halides is 2. The Kier molecular flexibility index (Phi) is 5.55. The maximum absolute atomic E-state index is 14.0. The molecule has 1 aliphatic rings. The van der Waals surface area contributed by atoms with Gasteiger partial charge < -0.3 is 9.47 Å². The molecule has 0 atom stereocenters. The third kappa shape index (κ3) is 3.47. The Hall–Kier alpha value is -2.81. The zero-order chi connectivity index (χ0) is 21.4. The molecule has 0 spiro atoms. The highest BCUT2D eigenvalue weighted by molar-refractivity contribution is 7.71. The first-order valence-electron chi connectivity index (χ1n) is 9.64. The van der Waals surface area contributed by atoms with E-state index < -0.39 is 12.0 Å². The lowest BCUT2D eigenvalue weighted by atomic mass is 10.1. The molecule has 2 heterocycles. The van der Waals surface area contributed by atoms with Crippen LogP contribution < -0.4 is 15.0 Å². The number of aromatic nitrogens is 3. The van der Waals surface area contributed by atoms with Crippen LogP contribution in [0.1, 0.15) is 43.7 Å². The smallest absolute Gasteiger partial charge is 0.264 e. The van der Waals surface area contributed by atoms with Gasteiger partial charge in [0.05, 0.1) is 25.3 Å². The van der Waals surface area contributed by atoms with E-state index in [1.165, 1.54) is 20.3 Å². The minimum absolute atomic E-state index is 0.0236. The van der Waals surface area contributed by atoms with Crippen molar-refractivity contribution in [1.29, 1.82) is 0 Å². The second-order valence-corrected chi connectivity index (χ2v) is 7.62. The van der Waals surface area contributed by atoms with Crippen LogP contribution in [0.2, 0.25) is 0 Å². The summed E-state index contributed by atoms with van der Waals surface area (Å²) in [5, 5.41) is -0.116. The van der Waals surface area contributed by atoms with Crippen LogP contribution in [0.4, 0.5) is 8.78 Å². The van der Waals surface area contributed by atoms with Gasteiger partial charge in [-0.25, -0.2) is 13.8 Å². The Bertz CT molecular complexity index is 1220. The number of aromatic amines is 1. The Morgan fingerprint density at radius 1 is 1.17 bits per heavy atom. The molecule has 4 rings (SSSR count). The van der Waals surface area contributed by atoms with Gasteiger partial charge in [0.25, 0.3) is 12.0 Å². The molecule has 1 fully saturated rings. The van der Waals surface area contributed by atoms with Crippen molar-refractivity contribution < 1.29 is 18.3 Å². The lowest BCUT2D eigenvalue weighted by Gasteiger charge is -2.19. The van der Waals surface area contributed by atoms with Crippen LogP contribution in [0, 0.1) is 4.77 Å². The number of fused-ring (bicyclic) bond motifs is 1. The van der Waals surface area contributed by atoms with Gasteiger partial charge in [-0.15, -0.1) is 0 Å². The molecular weight excluding hydrogens is 412 g/mol. The predicted octanol–water partition coefficient (Wildman–Crippen LogP) is 5.19. The number of H-pyrrole nitrogens is 1. The third-order valence-corrected chi connectivity index (χ3v) is 5.83. The van der Waals surface area contributed by atoms with Crippen molar-refractivity contribution in [2.75, 3.05) is 14.2 Å². The molecular formula is C21H21F2N3O3S. The molecule has 0 aliphatic heterocycles. The summed E-state index contributed by atoms with van der Waals surface area (Å²) in [6, 6.07) is 6.35. The summed E-state index contributed by atoms with van der Waals surface area (Å²) in [5.74, 6) is 0.968. The first-order valence-corrected chi connectivity index (χ1v) is 10.1. The molecule has 3 aromatic rings. The van der Waals surface area contributed by atoms with Gasteiger partial charge in [0.1, 0.15) is 5.65 Å². The van der Waals surface area contributed by atoms with Crippen molar-refractivity contribution in [3.8, 4) is 22.8 Å². The number of ether oxygens (including phenoxy) is 2. The number of rotatable bonds is 5. The minimum Gasteiger partial charge on any atom is -0.493 e. The first-order chi connectivity index (χ1) is 14.4. The van der Waals surface area contributed by atoms with Crippen LogP contribution in [0.3, 0.4) is 0 Å². The molecule has 6 nitrogen and oxygen atoms in total. The average Bonchev–Trinajstić information content (AvgIpc) is 3.26. The summed E-state index contributed by atoms with van der Waals surface area (Å²) < 4.78 is 40.5. The SMILES string of the molecule is COc1ccc(-c2cc(C(F)F)c3c(=O)[nH]c(=S)n(C4CCCC4)c3n2)cc1OC. The summed E-state index contributed by atoms with van der Waals surface area (Å²) in [4.78, 5) is 19.8. The Morgan fingerprint density at radius 2 is 1.87 bits per heavy atom. The zero-order valence-electron chi connectivity index (χ0n) is 16.6. The lowest BCUT2D eigenvalue weighted by molar-refractivity contribution is 0.153. The number of pyridine rings is 1. The normalized spacial score (nSPS) is 14.6. The highest BCUT2D eigenvalue weighted by Crippen LogP contribution is 2.36. The van der Waals surface area contributed by atoms with E-state index in [9.17, 15) is 13.6 Å². The maximum atomic E-state index is 14.0. The largest absolute Gasteiger partial charge is 0.493 e. The van der Waals surface area contributed by atoms with Gasteiger partial charge in [0.15, 0.2) is 16.3 Å². The van der Waals surface area contributed by atoms with Crippen molar-refractivity contribution in [3.05, 3.63) is 45.0 Å². The Labute approximate surface area is 176 Å². The number of methoxy groups -OCH3 is 2. The first kappa shape index (κ1) is 20.5. The lowest BCUT2D eigenvalue weighted by Crippen LogP contribution is -2.20. The van der Waals surface area contributed by atoms with Crippen LogP contribution in [0.15, 0.2) is 29.1 Å². The number of nitrogens with zero attached hydrogens (tertiary/aromatic N) is 2. The van der Waals surface area contributed by atoms with E-state index in [1.807, 2.05) is 0 Å². The van der Waals surface area contributed by atoms with E-state index in [2.05, 4.69) is 9.97 Å². The van der Waals surface area contributed by atoms with Crippen LogP contribution in [-0.4, -0.2) is 28.8 Å². The minimum atomic E-state index is -2.84. The molecule has 2 aromatic heterocycles. The molecule has 0 bridgehead atoms. The van der Waals surface area contributed by atoms with Crippen molar-refractivity contribution in [3.63, 3.8) is 0 Å². The highest BCUT2D eigenvalue weighted by Gasteiger charge is 2.25. The van der Waals surface area contributed by atoms with Crippen molar-refractivity contribution in [2.45, 2.75) is 38.2 Å². The van der Waals surface area contributed by atoms with Crippen LogP contribution in [0.5, 0.6) is 11.5 Å². The van der Waals surface area contributed by atoms with Crippen LogP contribution in [0.25, 0.3) is 22.3 Å². The topological polar surface area (TPSA) is 69.1 Å². The fraction of sp³-hybridized carbons (Fsp3) is 0.381. The molecule has 30 heavy (non-hydrogen) atoms. The fourth-order valence-corrected chi connectivity index (χ4v) is 4.42. The third-order valence-electron chi connectivity index (χ3n) is 5.53. The van der Waals surface area contributed by atoms with Crippen LogP contribution >= 0.6 is 12.2 Å². The zero-order valence-corrected chi connectivity index (χ0v) is 17.4. The second-order valence-electron chi connectivity index (χ2n) is 7.23. The van der Waals surface area contributed by atoms with E-state index in [0.29, 0.717) is 22.8 Å². The molecule has 0 amide bonds. The van der Waals surface area contributed by atoms with Gasteiger partial charge in [0, 0.05) is 17.2 Å². The highest BCUT2D eigenvalue weighted by atomic mass is 32.1. The summed E-state index contributed by atoms with van der Waals surface area (Å²) in [7, 11) is 3.01. The quantitative estimate of drug-likeness (QED) is 0.561. The molecule has 0 saturated heterocycles. The average molecular weight is 433 g/mol. The Balaban J connectivity index is 2.04. The second kappa shape index (κ2) is 8.14. The maximum Gasteiger partial charge on any atom is 0.264 e. The predicted molar refractivity (Wildman–Crippen MR) is 112 cm³/mol. The number of nitrogens with one attached hydrogen (secondary N) is 1. The molecule has 1 saturated carbocycles. The molecule has 1 aliphatic carbocycles. The van der Waals surface area contributed by atoms with E-state index >= 15 is 0 Å². The van der Waals surface area contributed by atoms with Gasteiger partial charge in [-0.3, -0.25) is 14.3 Å². The number of hydrogen-bond acceptors (Lipinski definition) is 5. The number of benzene rings is 1. The van der Waals surface area contributed by atoms with E-state index in [4.69, 9.17) is 21.7 Å². The van der Waals surface area contributed by atoms with E-state index in [-0.39, 0.29) is 27.4 Å². The van der Waals surface area contributed by atoms with Gasteiger partial charge >= 0.3 is 0 Å². The van der Waals surface area contributed by atoms with Crippen molar-refractivity contribution in [2.24, 2.45) is 0 Å². The summed E-state index contributed by atoms with van der Waals surface area (Å²) in [5.41, 5.74) is 0.0584. The monoisotopic (exact) mass is 433 g/mol. The molecule has 9 heteroatoms. The molecule has 0 radical (unpaired) electrons. The Morgan fingerprint density at radius 3 is 2.50 bits per heavy atom. The summed E-state index contributed by atoms with van der Waals surface area (Å²) >= 11 is 5.39. The van der Waals surface area contributed by atoms with Crippen LogP contribution in [-0.2, 0) is 0 Å². The van der Waals surface area contributed by atoms with Gasteiger partial charge in [0.2, 0.25) is 0 Å². The molecule has 0 unspecified atom stereocenters. The van der Waals surface area contributed by atoms with Crippen molar-refractivity contribution >= 4 is 23.3 Å². The summed E-state index contributed by atoms with van der Waals surface area (Å²) in [6.07, 6.45) is 0.918. The fourth-order valence-electron chi connectivity index (χ4n) is 4.09. The van der Waals surface area contributed by atoms with E-state index in [1.54, 1.807) is 22.8 Å². The molecule has 1 aromatic carbocycles. The van der Waals surface area contributed by atoms with Gasteiger partial charge in [-0.1, -0.05) is 12.8 Å². The van der Waals surface area contributed by atoms with Gasteiger partial charge in [-0.05, 0) is 49.3 Å². The number of halogens is 2. The number of hydrogen-bond donors (Lipinski definition) is 1. The molecule has 1 N–H and O–H groups in total. The summed E-state index contributed by atoms with van der Waals surface area (Å²) in [6.45, 7) is 0. The van der Waals surface area contributed by atoms with Gasteiger partial charge in [-0.2, -0.15) is 0 Å². The standard InChI is InChI=1S/C21H21F2N3O3S/c1-28-15-8-7-11(9-16(15)29-2)14-10-13(18(22)23)17-19(24-14)26(12-5-3-4-6-12)21(30)25-20(17)27/h7-10,12,18H,3-6H2,1-2H3,(H,25,27,30). The molecule has 158 valence electrons. The van der Waals surface area contributed by atoms with Crippen molar-refractivity contribution in [1.82, 2.24) is 14.5 Å². The van der Waals surface area contributed by atoms with E-state index in [0.717, 1.165) is 25.7 Å².